The van der Waals surface area contributed by atoms with Crippen LogP contribution in [0, 0.1) is 5.92 Å². The molecule has 1 aliphatic carbocycles. The van der Waals surface area contributed by atoms with Gasteiger partial charge < -0.3 is 10.6 Å². The molecule has 0 aromatic carbocycles. The van der Waals surface area contributed by atoms with E-state index in [4.69, 9.17) is 5.73 Å². The molecule has 3 nitrogen and oxygen atoms in total. The van der Waals surface area contributed by atoms with E-state index in [2.05, 4.69) is 25.8 Å². The summed E-state index contributed by atoms with van der Waals surface area (Å²) in [5, 5.41) is 0. The van der Waals surface area contributed by atoms with Gasteiger partial charge in [0.25, 0.3) is 0 Å². The van der Waals surface area contributed by atoms with E-state index < -0.39 is 0 Å². The van der Waals surface area contributed by atoms with Crippen molar-refractivity contribution >= 4 is 27.4 Å². The summed E-state index contributed by atoms with van der Waals surface area (Å²) in [5.41, 5.74) is 6.94. The Morgan fingerprint density at radius 1 is 1.22 bits per heavy atom. The van der Waals surface area contributed by atoms with Crippen molar-refractivity contribution in [3.8, 4) is 0 Å². The van der Waals surface area contributed by atoms with Gasteiger partial charge in [0.05, 0.1) is 5.69 Å². The maximum atomic E-state index is 6.14. The summed E-state index contributed by atoms with van der Waals surface area (Å²) in [5.74, 6) is 1.85. The van der Waals surface area contributed by atoms with Crippen LogP contribution in [0.2, 0.25) is 0 Å². The fraction of sp³-hybridized carbons (Fsp3) is 0.643. The maximum absolute atomic E-state index is 6.14. The molecule has 1 aromatic heterocycles. The van der Waals surface area contributed by atoms with Crippen LogP contribution in [0.1, 0.15) is 38.5 Å². The van der Waals surface area contributed by atoms with Gasteiger partial charge in [-0.3, -0.25) is 0 Å². The lowest BCUT2D eigenvalue weighted by Crippen LogP contribution is -2.47. The summed E-state index contributed by atoms with van der Waals surface area (Å²) in [7, 11) is 0. The zero-order valence-corrected chi connectivity index (χ0v) is 12.2. The second-order valence-electron chi connectivity index (χ2n) is 5.51. The number of nitrogen functional groups attached to an aromatic ring is 1. The minimum atomic E-state index is 0.670. The summed E-state index contributed by atoms with van der Waals surface area (Å²) in [6.45, 7) is 1.11. The Bertz CT molecular complexity index is 433. The number of piperidine rings is 1. The minimum absolute atomic E-state index is 0.670. The SMILES string of the molecule is Nc1cc(Br)cnc1N1CCC[C@H]2CCCC[C@H]21. The number of nitrogens with two attached hydrogens (primary N) is 1. The van der Waals surface area contributed by atoms with E-state index in [1.807, 2.05) is 12.3 Å². The average Bonchev–Trinajstić information content (AvgIpc) is 2.38. The van der Waals surface area contributed by atoms with Crippen molar-refractivity contribution in [1.29, 1.82) is 0 Å². The maximum Gasteiger partial charge on any atom is 0.152 e. The van der Waals surface area contributed by atoms with Crippen LogP contribution in [0.5, 0.6) is 0 Å². The third kappa shape index (κ3) is 2.22. The third-order valence-corrected chi connectivity index (χ3v) is 4.81. The predicted molar refractivity (Wildman–Crippen MR) is 78.7 cm³/mol. The second-order valence-corrected chi connectivity index (χ2v) is 6.43. The predicted octanol–water partition coefficient (Wildman–Crippen LogP) is 3.59. The number of hydrogen-bond acceptors (Lipinski definition) is 3. The summed E-state index contributed by atoms with van der Waals surface area (Å²) < 4.78 is 0.959. The third-order valence-electron chi connectivity index (χ3n) is 4.38. The number of hydrogen-bond donors (Lipinski definition) is 1. The molecule has 2 N–H and O–H groups in total. The number of anilines is 2. The van der Waals surface area contributed by atoms with E-state index >= 15 is 0 Å². The van der Waals surface area contributed by atoms with Crippen molar-refractivity contribution in [3.63, 3.8) is 0 Å². The highest BCUT2D eigenvalue weighted by atomic mass is 79.9. The monoisotopic (exact) mass is 309 g/mol. The van der Waals surface area contributed by atoms with Crippen LogP contribution >= 0.6 is 15.9 Å². The van der Waals surface area contributed by atoms with Gasteiger partial charge >= 0.3 is 0 Å². The quantitative estimate of drug-likeness (QED) is 0.862. The molecule has 18 heavy (non-hydrogen) atoms. The average molecular weight is 310 g/mol. The van der Waals surface area contributed by atoms with E-state index in [0.717, 1.165) is 28.4 Å². The van der Waals surface area contributed by atoms with Crippen LogP contribution in [-0.4, -0.2) is 17.6 Å². The number of nitrogens with zero attached hydrogens (tertiary/aromatic N) is 2. The van der Waals surface area contributed by atoms with Crippen LogP contribution < -0.4 is 10.6 Å². The van der Waals surface area contributed by atoms with Crippen molar-refractivity contribution < 1.29 is 0 Å². The molecule has 2 heterocycles. The second kappa shape index (κ2) is 5.08. The zero-order valence-electron chi connectivity index (χ0n) is 10.6. The van der Waals surface area contributed by atoms with Gasteiger partial charge in [0, 0.05) is 23.3 Å². The van der Waals surface area contributed by atoms with Crippen molar-refractivity contribution in [2.24, 2.45) is 5.92 Å². The van der Waals surface area contributed by atoms with Gasteiger partial charge in [-0.15, -0.1) is 0 Å². The molecule has 0 radical (unpaired) electrons. The number of pyridine rings is 1. The van der Waals surface area contributed by atoms with E-state index in [-0.39, 0.29) is 0 Å². The van der Waals surface area contributed by atoms with Crippen molar-refractivity contribution in [3.05, 3.63) is 16.7 Å². The van der Waals surface area contributed by atoms with Crippen LogP contribution in [-0.2, 0) is 0 Å². The molecule has 2 atom stereocenters. The smallest absolute Gasteiger partial charge is 0.152 e. The minimum Gasteiger partial charge on any atom is -0.396 e. The molecule has 0 bridgehead atoms. The molecule has 2 aliphatic rings. The standard InChI is InChI=1S/C14H20BrN3/c15-11-8-12(16)14(17-9-11)18-7-3-5-10-4-1-2-6-13(10)18/h8-10,13H,1-7,16H2/t10-,13-/m1/s1. The number of rotatable bonds is 1. The number of halogens is 1. The molecular weight excluding hydrogens is 290 g/mol. The van der Waals surface area contributed by atoms with Gasteiger partial charge in [-0.1, -0.05) is 12.8 Å². The van der Waals surface area contributed by atoms with Gasteiger partial charge in [0.2, 0.25) is 0 Å². The molecule has 1 saturated heterocycles. The Hall–Kier alpha value is -0.770. The summed E-state index contributed by atoms with van der Waals surface area (Å²) in [6.07, 6.45) is 9.97. The summed E-state index contributed by atoms with van der Waals surface area (Å²) in [6, 6.07) is 2.64. The lowest BCUT2D eigenvalue weighted by Gasteiger charge is -2.45. The van der Waals surface area contributed by atoms with Gasteiger partial charge in [0.1, 0.15) is 0 Å². The van der Waals surface area contributed by atoms with Gasteiger partial charge in [-0.25, -0.2) is 4.98 Å². The first-order valence-corrected chi connectivity index (χ1v) is 7.72. The van der Waals surface area contributed by atoms with Crippen LogP contribution in [0.3, 0.4) is 0 Å². The first-order chi connectivity index (χ1) is 8.75. The molecule has 2 fully saturated rings. The number of aromatic nitrogens is 1. The van der Waals surface area contributed by atoms with E-state index in [0.29, 0.717) is 6.04 Å². The van der Waals surface area contributed by atoms with Crippen LogP contribution in [0.15, 0.2) is 16.7 Å². The van der Waals surface area contributed by atoms with Crippen LogP contribution in [0.4, 0.5) is 11.5 Å². The number of fused-ring (bicyclic) bond motifs is 1. The molecule has 1 aliphatic heterocycles. The first kappa shape index (κ1) is 12.3. The van der Waals surface area contributed by atoms with Crippen molar-refractivity contribution in [2.75, 3.05) is 17.2 Å². The lowest BCUT2D eigenvalue weighted by molar-refractivity contribution is 0.243. The van der Waals surface area contributed by atoms with Crippen molar-refractivity contribution in [2.45, 2.75) is 44.6 Å². The fourth-order valence-corrected chi connectivity index (χ4v) is 3.92. The molecule has 1 aromatic rings. The van der Waals surface area contributed by atoms with Crippen LogP contribution in [0.25, 0.3) is 0 Å². The molecule has 4 heteroatoms. The Labute approximate surface area is 117 Å². The highest BCUT2D eigenvalue weighted by molar-refractivity contribution is 9.10. The van der Waals surface area contributed by atoms with Gasteiger partial charge in [-0.2, -0.15) is 0 Å². The largest absolute Gasteiger partial charge is 0.396 e. The summed E-state index contributed by atoms with van der Waals surface area (Å²) >= 11 is 3.43. The molecule has 0 spiro atoms. The van der Waals surface area contributed by atoms with Gasteiger partial charge in [0.15, 0.2) is 5.82 Å². The topological polar surface area (TPSA) is 42.1 Å². The molecule has 1 saturated carbocycles. The van der Waals surface area contributed by atoms with E-state index in [1.165, 1.54) is 38.5 Å². The fourth-order valence-electron chi connectivity index (χ4n) is 3.58. The molecule has 98 valence electrons. The van der Waals surface area contributed by atoms with E-state index in [1.54, 1.807) is 0 Å². The zero-order chi connectivity index (χ0) is 12.5. The molecular formula is C14H20BrN3. The van der Waals surface area contributed by atoms with Gasteiger partial charge in [-0.05, 0) is 53.6 Å². The van der Waals surface area contributed by atoms with E-state index in [9.17, 15) is 0 Å². The molecule has 0 unspecified atom stereocenters. The highest BCUT2D eigenvalue weighted by Crippen LogP contribution is 2.38. The Kier molecular flexibility index (Phi) is 3.46. The summed E-state index contributed by atoms with van der Waals surface area (Å²) in [4.78, 5) is 7.01. The Morgan fingerprint density at radius 2 is 2.00 bits per heavy atom. The Morgan fingerprint density at radius 3 is 2.83 bits per heavy atom. The Balaban J connectivity index is 1.89. The molecule has 3 rings (SSSR count). The van der Waals surface area contributed by atoms with Crippen molar-refractivity contribution in [1.82, 2.24) is 4.98 Å². The molecule has 0 amide bonds. The highest BCUT2D eigenvalue weighted by Gasteiger charge is 2.34. The normalized spacial score (nSPS) is 27.9. The lowest BCUT2D eigenvalue weighted by atomic mass is 9.78. The first-order valence-electron chi connectivity index (χ1n) is 6.93.